The number of fused-ring (bicyclic) bond motifs is 3. The van der Waals surface area contributed by atoms with Gasteiger partial charge in [-0.15, -0.1) is 0 Å². The summed E-state index contributed by atoms with van der Waals surface area (Å²) < 4.78 is 7.46. The number of ether oxygens (including phenoxy) is 1. The number of hydrogen-bond donors (Lipinski definition) is 1. The van der Waals surface area contributed by atoms with Crippen LogP contribution < -0.4 is 15.0 Å². The average Bonchev–Trinajstić information content (AvgIpc) is 3.60. The molecule has 1 aliphatic heterocycles. The molecule has 6 rings (SSSR count). The topological polar surface area (TPSA) is 115 Å². The second-order valence-corrected chi connectivity index (χ2v) is 9.46. The van der Waals surface area contributed by atoms with Crippen LogP contribution in [-0.2, 0) is 11.8 Å². The number of likely N-dealkylation sites (N-methyl/N-ethyl adjacent to an activating group) is 1. The second-order valence-electron chi connectivity index (χ2n) is 9.46. The molecule has 4 aromatic rings. The van der Waals surface area contributed by atoms with Crippen LogP contribution in [0.15, 0.2) is 61.1 Å². The Morgan fingerprint density at radius 3 is 2.65 bits per heavy atom. The first-order valence-electron chi connectivity index (χ1n) is 12.0. The van der Waals surface area contributed by atoms with Crippen molar-refractivity contribution in [2.24, 2.45) is 13.0 Å². The van der Waals surface area contributed by atoms with Crippen LogP contribution in [0.5, 0.6) is 11.6 Å². The predicted octanol–water partition coefficient (Wildman–Crippen LogP) is 3.25. The van der Waals surface area contributed by atoms with Crippen LogP contribution in [-0.4, -0.2) is 49.6 Å². The third kappa shape index (κ3) is 4.20. The molecule has 3 atom stereocenters. The van der Waals surface area contributed by atoms with Gasteiger partial charge in [0.05, 0.1) is 18.1 Å². The molecule has 1 aliphatic carbocycles. The summed E-state index contributed by atoms with van der Waals surface area (Å²) in [4.78, 5) is 41.6. The second kappa shape index (κ2) is 8.81. The molecule has 1 N–H and O–H groups in total. The predicted molar refractivity (Wildman–Crippen MR) is 135 cm³/mol. The van der Waals surface area contributed by atoms with Crippen molar-refractivity contribution >= 4 is 17.6 Å². The first-order chi connectivity index (χ1) is 17.9. The lowest BCUT2D eigenvalue weighted by molar-refractivity contribution is -0.120. The van der Waals surface area contributed by atoms with E-state index in [9.17, 15) is 9.59 Å². The lowest BCUT2D eigenvalue weighted by atomic mass is 10.1. The summed E-state index contributed by atoms with van der Waals surface area (Å²) in [5.74, 6) is 0.874. The molecule has 0 unspecified atom stereocenters. The van der Waals surface area contributed by atoms with Crippen molar-refractivity contribution in [2.75, 3.05) is 11.9 Å². The number of amides is 2. The lowest BCUT2D eigenvalue weighted by Crippen LogP contribution is -2.49. The van der Waals surface area contributed by atoms with Crippen molar-refractivity contribution in [3.05, 3.63) is 78.0 Å². The van der Waals surface area contributed by atoms with Gasteiger partial charge in [0.15, 0.2) is 5.75 Å². The maximum Gasteiger partial charge on any atom is 0.289 e. The van der Waals surface area contributed by atoms with Crippen molar-refractivity contribution in [2.45, 2.75) is 25.3 Å². The Kier molecular flexibility index (Phi) is 5.44. The molecule has 186 valence electrons. The Balaban J connectivity index is 1.24. The number of nitrogens with zero attached hydrogens (tertiary/aromatic N) is 6. The first-order valence-corrected chi connectivity index (χ1v) is 12.0. The SMILES string of the molecule is Cc1cnc(C(=O)N[C@@H]2C(=O)N(C)c3nc(Oc4cnn(C)c4)ccc3[C@@H]3C[C@H]23)nc1-c1ccccc1. The summed E-state index contributed by atoms with van der Waals surface area (Å²) in [6.45, 7) is 1.90. The fraction of sp³-hybridized carbons (Fsp3) is 0.259. The molecule has 1 aromatic carbocycles. The maximum atomic E-state index is 13.5. The molecule has 0 bridgehead atoms. The number of carbonyl (C=O) groups excluding carboxylic acids is 2. The fourth-order valence-electron chi connectivity index (χ4n) is 4.88. The zero-order chi connectivity index (χ0) is 25.7. The molecule has 0 saturated heterocycles. The zero-order valence-corrected chi connectivity index (χ0v) is 20.6. The monoisotopic (exact) mass is 495 g/mol. The van der Waals surface area contributed by atoms with Crippen LogP contribution in [0.2, 0.25) is 0 Å². The van der Waals surface area contributed by atoms with E-state index in [1.54, 1.807) is 43.4 Å². The van der Waals surface area contributed by atoms with Crippen molar-refractivity contribution in [1.82, 2.24) is 30.0 Å². The molecule has 37 heavy (non-hydrogen) atoms. The Hall–Kier alpha value is -4.60. The van der Waals surface area contributed by atoms with E-state index in [-0.39, 0.29) is 23.6 Å². The Bertz CT molecular complexity index is 1520. The number of pyridine rings is 1. The highest BCUT2D eigenvalue weighted by Crippen LogP contribution is 2.54. The van der Waals surface area contributed by atoms with E-state index in [0.29, 0.717) is 23.1 Å². The van der Waals surface area contributed by atoms with Gasteiger partial charge in [-0.3, -0.25) is 19.2 Å². The number of rotatable bonds is 5. The molecular weight excluding hydrogens is 470 g/mol. The molecule has 4 heterocycles. The van der Waals surface area contributed by atoms with Crippen LogP contribution >= 0.6 is 0 Å². The number of carbonyl (C=O) groups is 2. The van der Waals surface area contributed by atoms with Gasteiger partial charge in [-0.1, -0.05) is 30.3 Å². The zero-order valence-electron chi connectivity index (χ0n) is 20.6. The molecule has 3 aromatic heterocycles. The molecule has 1 saturated carbocycles. The number of aryl methyl sites for hydroxylation is 2. The number of hydrogen-bond acceptors (Lipinski definition) is 7. The number of aromatic nitrogens is 5. The van der Waals surface area contributed by atoms with Gasteiger partial charge in [-0.2, -0.15) is 10.1 Å². The van der Waals surface area contributed by atoms with E-state index >= 15 is 0 Å². The smallest absolute Gasteiger partial charge is 0.289 e. The number of nitrogens with one attached hydrogen (secondary N) is 1. The minimum absolute atomic E-state index is 0.0221. The van der Waals surface area contributed by atoms with Gasteiger partial charge in [0.1, 0.15) is 11.9 Å². The highest BCUT2D eigenvalue weighted by Gasteiger charge is 2.52. The molecule has 2 aliphatic rings. The van der Waals surface area contributed by atoms with Crippen LogP contribution in [0.4, 0.5) is 5.82 Å². The minimum atomic E-state index is -0.704. The van der Waals surface area contributed by atoms with Gasteiger partial charge in [-0.05, 0) is 42.4 Å². The van der Waals surface area contributed by atoms with Crippen LogP contribution in [0.1, 0.15) is 34.1 Å². The van der Waals surface area contributed by atoms with E-state index in [0.717, 1.165) is 23.1 Å². The van der Waals surface area contributed by atoms with E-state index < -0.39 is 11.9 Å². The summed E-state index contributed by atoms with van der Waals surface area (Å²) in [7, 11) is 3.47. The Morgan fingerprint density at radius 1 is 1.08 bits per heavy atom. The lowest BCUT2D eigenvalue weighted by Gasteiger charge is -2.23. The molecule has 0 radical (unpaired) electrons. The van der Waals surface area contributed by atoms with E-state index in [2.05, 4.69) is 25.4 Å². The molecule has 10 heteroatoms. The van der Waals surface area contributed by atoms with Gasteiger partial charge in [0.2, 0.25) is 11.7 Å². The highest BCUT2D eigenvalue weighted by molar-refractivity contribution is 6.02. The molecular formula is C27H25N7O3. The minimum Gasteiger partial charge on any atom is -0.436 e. The van der Waals surface area contributed by atoms with Gasteiger partial charge in [0.25, 0.3) is 11.8 Å². The third-order valence-corrected chi connectivity index (χ3v) is 6.87. The number of anilines is 1. The molecule has 2 amide bonds. The third-order valence-electron chi connectivity index (χ3n) is 6.87. The molecule has 1 fully saturated rings. The van der Waals surface area contributed by atoms with Crippen LogP contribution in [0, 0.1) is 12.8 Å². The Morgan fingerprint density at radius 2 is 1.89 bits per heavy atom. The van der Waals surface area contributed by atoms with Crippen molar-refractivity contribution in [1.29, 1.82) is 0 Å². The largest absolute Gasteiger partial charge is 0.436 e. The summed E-state index contributed by atoms with van der Waals surface area (Å²) in [6, 6.07) is 12.7. The Labute approximate surface area is 213 Å². The van der Waals surface area contributed by atoms with Crippen LogP contribution in [0.3, 0.4) is 0 Å². The van der Waals surface area contributed by atoms with Crippen molar-refractivity contribution in [3.8, 4) is 22.9 Å². The summed E-state index contributed by atoms with van der Waals surface area (Å²) in [6.07, 6.45) is 5.75. The van der Waals surface area contributed by atoms with E-state index in [1.807, 2.05) is 43.3 Å². The number of benzene rings is 1. The summed E-state index contributed by atoms with van der Waals surface area (Å²) in [5, 5.41) is 7.01. The van der Waals surface area contributed by atoms with E-state index in [1.165, 1.54) is 4.90 Å². The van der Waals surface area contributed by atoms with E-state index in [4.69, 9.17) is 4.74 Å². The standard InChI is InChI=1S/C27H25N7O3/c1-15-12-28-24(31-22(15)16-7-5-4-6-8-16)26(35)32-23-20-11-19(20)18-9-10-21(30-25(18)34(3)27(23)36)37-17-13-29-33(2)14-17/h4-10,12-14,19-20,23H,11H2,1-3H3,(H,32,35)/t19-,20-,23-/m0/s1. The van der Waals surface area contributed by atoms with Gasteiger partial charge in [-0.25, -0.2) is 9.97 Å². The normalized spacial score (nSPS) is 20.0. The molecule has 10 nitrogen and oxygen atoms in total. The van der Waals surface area contributed by atoms with Crippen LogP contribution in [0.25, 0.3) is 11.3 Å². The first kappa shape index (κ1) is 22.8. The maximum absolute atomic E-state index is 13.5. The highest BCUT2D eigenvalue weighted by atomic mass is 16.5. The fourth-order valence-corrected chi connectivity index (χ4v) is 4.88. The quantitative estimate of drug-likeness (QED) is 0.452. The summed E-state index contributed by atoms with van der Waals surface area (Å²) in [5.41, 5.74) is 3.41. The van der Waals surface area contributed by atoms with Gasteiger partial charge < -0.3 is 10.1 Å². The van der Waals surface area contributed by atoms with Gasteiger partial charge >= 0.3 is 0 Å². The molecule has 0 spiro atoms. The average molecular weight is 496 g/mol. The van der Waals surface area contributed by atoms with Gasteiger partial charge in [0, 0.05) is 31.9 Å². The van der Waals surface area contributed by atoms with Crippen molar-refractivity contribution in [3.63, 3.8) is 0 Å². The van der Waals surface area contributed by atoms with Crippen molar-refractivity contribution < 1.29 is 14.3 Å². The summed E-state index contributed by atoms with van der Waals surface area (Å²) >= 11 is 0.